The number of rotatable bonds is 9. The fourth-order valence-electron chi connectivity index (χ4n) is 3.49. The van der Waals surface area contributed by atoms with Crippen molar-refractivity contribution in [2.24, 2.45) is 0 Å². The number of pyridine rings is 1. The Balaban J connectivity index is 1.43. The summed E-state index contributed by atoms with van der Waals surface area (Å²) in [7, 11) is 0. The molecule has 0 saturated heterocycles. The van der Waals surface area contributed by atoms with E-state index in [1.54, 1.807) is 6.07 Å². The molecule has 3 rings (SSSR count). The number of carbonyl (C=O) groups is 1. The average Bonchev–Trinajstić information content (AvgIpc) is 2.74. The maximum Gasteiger partial charge on any atom is 0.224 e. The van der Waals surface area contributed by atoms with Crippen LogP contribution in [0.5, 0.6) is 0 Å². The first kappa shape index (κ1) is 22.2. The SMILES string of the molecule is Cc1ccc(CC(=O)NC(C)CC(=N)CCc2ccc(-c3cccc(N)n3)cc2)cc1. The molecule has 0 spiro atoms. The first-order chi connectivity index (χ1) is 14.9. The molecule has 1 aromatic heterocycles. The van der Waals surface area contributed by atoms with E-state index in [1.165, 1.54) is 11.1 Å². The van der Waals surface area contributed by atoms with E-state index in [2.05, 4.69) is 22.4 Å². The summed E-state index contributed by atoms with van der Waals surface area (Å²) in [6.07, 6.45) is 2.40. The minimum atomic E-state index is -0.0533. The number of anilines is 1. The van der Waals surface area contributed by atoms with Crippen molar-refractivity contribution in [2.45, 2.75) is 45.6 Å². The van der Waals surface area contributed by atoms with Crippen LogP contribution in [0.1, 0.15) is 36.5 Å². The van der Waals surface area contributed by atoms with Gasteiger partial charge in [0.2, 0.25) is 5.91 Å². The number of amides is 1. The molecule has 1 unspecified atom stereocenters. The maximum atomic E-state index is 12.2. The smallest absolute Gasteiger partial charge is 0.224 e. The van der Waals surface area contributed by atoms with E-state index in [0.717, 1.165) is 23.2 Å². The molecule has 0 radical (unpaired) electrons. The summed E-state index contributed by atoms with van der Waals surface area (Å²) in [5, 5.41) is 11.3. The monoisotopic (exact) mass is 414 g/mol. The van der Waals surface area contributed by atoms with Crippen molar-refractivity contribution in [3.8, 4) is 11.3 Å². The van der Waals surface area contributed by atoms with E-state index in [4.69, 9.17) is 11.1 Å². The van der Waals surface area contributed by atoms with Gasteiger partial charge in [-0.25, -0.2) is 4.98 Å². The highest BCUT2D eigenvalue weighted by Crippen LogP contribution is 2.19. The Bertz CT molecular complexity index is 1030. The second kappa shape index (κ2) is 10.5. The minimum Gasteiger partial charge on any atom is -0.384 e. The van der Waals surface area contributed by atoms with Gasteiger partial charge in [0.1, 0.15) is 5.82 Å². The zero-order chi connectivity index (χ0) is 22.2. The molecule has 5 nitrogen and oxygen atoms in total. The molecule has 0 bridgehead atoms. The number of nitrogens with two attached hydrogens (primary N) is 1. The Hall–Kier alpha value is -3.47. The summed E-state index contributed by atoms with van der Waals surface area (Å²) in [6.45, 7) is 3.98. The van der Waals surface area contributed by atoms with Gasteiger partial charge in [0.25, 0.3) is 0 Å². The average molecular weight is 415 g/mol. The van der Waals surface area contributed by atoms with E-state index >= 15 is 0 Å². The molecule has 5 heteroatoms. The van der Waals surface area contributed by atoms with E-state index in [0.29, 0.717) is 30.8 Å². The number of aromatic nitrogens is 1. The van der Waals surface area contributed by atoms with Gasteiger partial charge in [-0.1, -0.05) is 60.2 Å². The van der Waals surface area contributed by atoms with Crippen molar-refractivity contribution < 1.29 is 4.79 Å². The lowest BCUT2D eigenvalue weighted by Crippen LogP contribution is -2.35. The molecule has 2 aromatic carbocycles. The van der Waals surface area contributed by atoms with Gasteiger partial charge in [-0.05, 0) is 49.9 Å². The molecule has 0 aliphatic carbocycles. The van der Waals surface area contributed by atoms with Crippen molar-refractivity contribution in [2.75, 3.05) is 5.73 Å². The Morgan fingerprint density at radius 1 is 1.03 bits per heavy atom. The van der Waals surface area contributed by atoms with Gasteiger partial charge >= 0.3 is 0 Å². The number of nitrogen functional groups attached to an aromatic ring is 1. The first-order valence-electron chi connectivity index (χ1n) is 10.6. The number of hydrogen-bond acceptors (Lipinski definition) is 4. The minimum absolute atomic E-state index is 0.00472. The Morgan fingerprint density at radius 2 is 1.71 bits per heavy atom. The van der Waals surface area contributed by atoms with Gasteiger partial charge in [0.15, 0.2) is 0 Å². The Kier molecular flexibility index (Phi) is 7.55. The van der Waals surface area contributed by atoms with Gasteiger partial charge in [-0.15, -0.1) is 0 Å². The molecular formula is C26H30N4O. The summed E-state index contributed by atoms with van der Waals surface area (Å²) >= 11 is 0. The van der Waals surface area contributed by atoms with Crippen molar-refractivity contribution in [1.82, 2.24) is 10.3 Å². The number of hydrogen-bond donors (Lipinski definition) is 3. The largest absolute Gasteiger partial charge is 0.384 e. The second-order valence-electron chi connectivity index (χ2n) is 8.08. The lowest BCUT2D eigenvalue weighted by molar-refractivity contribution is -0.121. The van der Waals surface area contributed by atoms with Crippen LogP contribution in [0.15, 0.2) is 66.7 Å². The maximum absolute atomic E-state index is 12.2. The molecule has 1 atom stereocenters. The standard InChI is InChI=1S/C26H30N4O/c1-18-6-8-21(9-7-18)17-26(31)29-19(2)16-23(27)15-12-20-10-13-22(14-11-20)24-4-3-5-25(28)30-24/h3-11,13-14,19,27H,12,15-17H2,1-2H3,(H2,28,30)(H,29,31). The summed E-state index contributed by atoms with van der Waals surface area (Å²) in [4.78, 5) is 16.6. The molecule has 4 N–H and O–H groups in total. The van der Waals surface area contributed by atoms with Gasteiger partial charge in [0, 0.05) is 23.7 Å². The van der Waals surface area contributed by atoms with Crippen LogP contribution in [0.4, 0.5) is 5.82 Å². The van der Waals surface area contributed by atoms with Crippen LogP contribution in [0.25, 0.3) is 11.3 Å². The van der Waals surface area contributed by atoms with Crippen molar-refractivity contribution in [3.05, 3.63) is 83.4 Å². The van der Waals surface area contributed by atoms with Crippen LogP contribution < -0.4 is 11.1 Å². The highest BCUT2D eigenvalue weighted by molar-refractivity contribution is 5.84. The van der Waals surface area contributed by atoms with Crippen LogP contribution in [-0.4, -0.2) is 22.6 Å². The predicted molar refractivity (Wildman–Crippen MR) is 127 cm³/mol. The van der Waals surface area contributed by atoms with E-state index < -0.39 is 0 Å². The van der Waals surface area contributed by atoms with E-state index in [1.807, 2.05) is 62.4 Å². The molecule has 0 aliphatic heterocycles. The highest BCUT2D eigenvalue weighted by Gasteiger charge is 2.11. The van der Waals surface area contributed by atoms with Crippen molar-refractivity contribution >= 4 is 17.4 Å². The van der Waals surface area contributed by atoms with Crippen LogP contribution in [-0.2, 0) is 17.6 Å². The van der Waals surface area contributed by atoms with E-state index in [9.17, 15) is 4.79 Å². The third kappa shape index (κ3) is 7.07. The Morgan fingerprint density at radius 3 is 2.39 bits per heavy atom. The van der Waals surface area contributed by atoms with E-state index in [-0.39, 0.29) is 11.9 Å². The number of nitrogens with one attached hydrogen (secondary N) is 2. The van der Waals surface area contributed by atoms with Crippen LogP contribution in [0.2, 0.25) is 0 Å². The van der Waals surface area contributed by atoms with Gasteiger partial charge in [-0.2, -0.15) is 0 Å². The third-order valence-electron chi connectivity index (χ3n) is 5.18. The number of benzene rings is 2. The normalized spacial score (nSPS) is 11.7. The lowest BCUT2D eigenvalue weighted by Gasteiger charge is -2.15. The molecule has 160 valence electrons. The summed E-state index contributed by atoms with van der Waals surface area (Å²) in [6, 6.07) is 21.8. The van der Waals surface area contributed by atoms with Crippen LogP contribution >= 0.6 is 0 Å². The molecule has 0 aliphatic rings. The van der Waals surface area contributed by atoms with Crippen LogP contribution in [0.3, 0.4) is 0 Å². The Labute approximate surface area is 184 Å². The number of aryl methyl sites for hydroxylation is 2. The zero-order valence-corrected chi connectivity index (χ0v) is 18.2. The highest BCUT2D eigenvalue weighted by atomic mass is 16.1. The fraction of sp³-hybridized carbons (Fsp3) is 0.269. The molecular weight excluding hydrogens is 384 g/mol. The topological polar surface area (TPSA) is 91.9 Å². The second-order valence-corrected chi connectivity index (χ2v) is 8.08. The molecule has 31 heavy (non-hydrogen) atoms. The number of nitrogens with zero attached hydrogens (tertiary/aromatic N) is 1. The summed E-state index contributed by atoms with van der Waals surface area (Å²) < 4.78 is 0. The summed E-state index contributed by atoms with van der Waals surface area (Å²) in [5.74, 6) is 0.505. The van der Waals surface area contributed by atoms with Crippen molar-refractivity contribution in [3.63, 3.8) is 0 Å². The number of carbonyl (C=O) groups excluding carboxylic acids is 1. The third-order valence-corrected chi connectivity index (χ3v) is 5.18. The van der Waals surface area contributed by atoms with Gasteiger partial charge < -0.3 is 16.5 Å². The summed E-state index contributed by atoms with van der Waals surface area (Å²) in [5.41, 5.74) is 11.6. The molecule has 0 fully saturated rings. The molecule has 0 saturated carbocycles. The van der Waals surface area contributed by atoms with Crippen LogP contribution in [0, 0.1) is 12.3 Å². The first-order valence-corrected chi connectivity index (χ1v) is 10.6. The molecule has 3 aromatic rings. The lowest BCUT2D eigenvalue weighted by atomic mass is 10.0. The van der Waals surface area contributed by atoms with Gasteiger partial charge in [-0.3, -0.25) is 4.79 Å². The molecule has 1 heterocycles. The van der Waals surface area contributed by atoms with Crippen molar-refractivity contribution in [1.29, 1.82) is 5.41 Å². The zero-order valence-electron chi connectivity index (χ0n) is 18.2. The quantitative estimate of drug-likeness (QED) is 0.442. The molecule has 1 amide bonds. The predicted octanol–water partition coefficient (Wildman–Crippen LogP) is 4.73. The fourth-order valence-corrected chi connectivity index (χ4v) is 3.49. The van der Waals surface area contributed by atoms with Gasteiger partial charge in [0.05, 0.1) is 12.1 Å².